The minimum absolute atomic E-state index is 0.239. The van der Waals surface area contributed by atoms with Crippen molar-refractivity contribution < 1.29 is 14.4 Å². The number of amides is 1. The maximum Gasteiger partial charge on any atom is 0.358 e. The lowest BCUT2D eigenvalue weighted by molar-refractivity contribution is -0.154. The van der Waals surface area contributed by atoms with Gasteiger partial charge in [-0.05, 0) is 12.8 Å². The smallest absolute Gasteiger partial charge is 0.336 e. The first-order chi connectivity index (χ1) is 5.93. The third-order valence-corrected chi connectivity index (χ3v) is 1.20. The number of hydrogen-bond donors (Lipinski definition) is 1. The van der Waals surface area contributed by atoms with Gasteiger partial charge < -0.3 is 4.84 Å². The maximum atomic E-state index is 11.0. The molecular formula is C9H15NO3. The summed E-state index contributed by atoms with van der Waals surface area (Å²) in [6, 6.07) is 0. The fourth-order valence-electron chi connectivity index (χ4n) is 0.603. The highest BCUT2D eigenvalue weighted by molar-refractivity contribution is 5.88. The van der Waals surface area contributed by atoms with E-state index in [1.807, 2.05) is 19.3 Å². The molecule has 0 aliphatic rings. The molecule has 0 saturated carbocycles. The van der Waals surface area contributed by atoms with E-state index >= 15 is 0 Å². The highest BCUT2D eigenvalue weighted by atomic mass is 16.7. The van der Waals surface area contributed by atoms with E-state index in [-0.39, 0.29) is 17.4 Å². The zero-order chi connectivity index (χ0) is 10.4. The molecule has 0 radical (unpaired) electrons. The van der Waals surface area contributed by atoms with Crippen LogP contribution in [0, 0.1) is 5.92 Å². The Hall–Kier alpha value is -1.32. The topological polar surface area (TPSA) is 55.4 Å². The Morgan fingerprint density at radius 2 is 2.00 bits per heavy atom. The van der Waals surface area contributed by atoms with Gasteiger partial charge in [-0.1, -0.05) is 20.4 Å². The fraction of sp³-hybridized carbons (Fsp3) is 0.556. The van der Waals surface area contributed by atoms with Crippen molar-refractivity contribution in [2.45, 2.75) is 27.2 Å². The summed E-state index contributed by atoms with van der Waals surface area (Å²) in [5.41, 5.74) is 2.30. The van der Waals surface area contributed by atoms with E-state index in [0.717, 1.165) is 0 Å². The number of rotatable bonds is 3. The number of hydroxylamine groups is 1. The molecule has 0 unspecified atom stereocenters. The Bertz CT molecular complexity index is 221. The molecule has 0 aliphatic heterocycles. The van der Waals surface area contributed by atoms with Gasteiger partial charge >= 0.3 is 5.97 Å². The summed E-state index contributed by atoms with van der Waals surface area (Å²) in [7, 11) is 0. The predicted molar refractivity (Wildman–Crippen MR) is 48.5 cm³/mol. The van der Waals surface area contributed by atoms with Gasteiger partial charge in [0, 0.05) is 12.0 Å². The molecule has 0 bridgehead atoms. The first-order valence-electron chi connectivity index (χ1n) is 4.09. The Morgan fingerprint density at radius 1 is 1.46 bits per heavy atom. The Morgan fingerprint density at radius 3 is 2.38 bits per heavy atom. The number of nitrogens with one attached hydrogen (secondary N) is 1. The van der Waals surface area contributed by atoms with Crippen molar-refractivity contribution in [2.24, 2.45) is 5.92 Å². The Kier molecular flexibility index (Phi) is 4.80. The highest BCUT2D eigenvalue weighted by Crippen LogP contribution is 1.98. The van der Waals surface area contributed by atoms with E-state index in [0.29, 0.717) is 6.42 Å². The van der Waals surface area contributed by atoms with Gasteiger partial charge in [-0.15, -0.1) is 0 Å². The Labute approximate surface area is 77.9 Å². The van der Waals surface area contributed by atoms with Gasteiger partial charge in [0.25, 0.3) is 5.91 Å². The van der Waals surface area contributed by atoms with E-state index in [2.05, 4.69) is 11.4 Å². The number of carbonyl (C=O) groups is 2. The molecule has 0 spiro atoms. The van der Waals surface area contributed by atoms with Gasteiger partial charge in [-0.25, -0.2) is 4.79 Å². The van der Waals surface area contributed by atoms with Gasteiger partial charge in [0.05, 0.1) is 0 Å². The molecule has 0 aliphatic carbocycles. The van der Waals surface area contributed by atoms with Gasteiger partial charge in [-0.3, -0.25) is 4.79 Å². The second-order valence-electron chi connectivity index (χ2n) is 3.29. The summed E-state index contributed by atoms with van der Waals surface area (Å²) in [6.45, 7) is 8.68. The van der Waals surface area contributed by atoms with E-state index < -0.39 is 5.97 Å². The van der Waals surface area contributed by atoms with Crippen LogP contribution in [-0.4, -0.2) is 11.9 Å². The molecule has 0 aromatic heterocycles. The minimum Gasteiger partial charge on any atom is -0.336 e. The van der Waals surface area contributed by atoms with Crippen molar-refractivity contribution in [2.75, 3.05) is 0 Å². The number of hydrogen-bond acceptors (Lipinski definition) is 3. The lowest BCUT2D eigenvalue weighted by atomic mass is 10.1. The van der Waals surface area contributed by atoms with Crippen molar-refractivity contribution in [1.29, 1.82) is 0 Å². The molecule has 1 amide bonds. The van der Waals surface area contributed by atoms with Crippen LogP contribution in [0.15, 0.2) is 12.2 Å². The maximum absolute atomic E-state index is 11.0. The first-order valence-corrected chi connectivity index (χ1v) is 4.09. The summed E-state index contributed by atoms with van der Waals surface area (Å²) in [4.78, 5) is 26.2. The van der Waals surface area contributed by atoms with E-state index in [1.54, 1.807) is 0 Å². The van der Waals surface area contributed by atoms with E-state index in [4.69, 9.17) is 0 Å². The second kappa shape index (κ2) is 5.35. The molecule has 0 aromatic rings. The standard InChI is InChI=1S/C9H15NO3/c1-6(2)5-8(11)10-13-9(12)7(3)4/h6H,3,5H2,1-2,4H3,(H,10,11). The van der Waals surface area contributed by atoms with Crippen molar-refractivity contribution >= 4 is 11.9 Å². The summed E-state index contributed by atoms with van der Waals surface area (Å²) < 4.78 is 0. The van der Waals surface area contributed by atoms with Crippen molar-refractivity contribution in [1.82, 2.24) is 5.48 Å². The molecule has 0 aromatic carbocycles. The van der Waals surface area contributed by atoms with Crippen molar-refractivity contribution in [3.63, 3.8) is 0 Å². The molecule has 4 heteroatoms. The molecule has 0 saturated heterocycles. The SMILES string of the molecule is C=C(C)C(=O)ONC(=O)CC(C)C. The van der Waals surface area contributed by atoms with E-state index in [9.17, 15) is 9.59 Å². The van der Waals surface area contributed by atoms with Crippen molar-refractivity contribution in [3.05, 3.63) is 12.2 Å². The molecule has 4 nitrogen and oxygen atoms in total. The lowest BCUT2D eigenvalue weighted by Crippen LogP contribution is -2.28. The average Bonchev–Trinajstić information content (AvgIpc) is 1.98. The van der Waals surface area contributed by atoms with Gasteiger partial charge in [0.15, 0.2) is 0 Å². The predicted octanol–water partition coefficient (Wildman–Crippen LogP) is 1.18. The fourth-order valence-corrected chi connectivity index (χ4v) is 0.603. The second-order valence-corrected chi connectivity index (χ2v) is 3.29. The van der Waals surface area contributed by atoms with Crippen LogP contribution in [0.25, 0.3) is 0 Å². The number of carbonyl (C=O) groups excluding carboxylic acids is 2. The largest absolute Gasteiger partial charge is 0.358 e. The first kappa shape index (κ1) is 11.7. The zero-order valence-electron chi connectivity index (χ0n) is 8.22. The van der Waals surface area contributed by atoms with Crippen LogP contribution >= 0.6 is 0 Å². The third-order valence-electron chi connectivity index (χ3n) is 1.20. The van der Waals surface area contributed by atoms with Crippen LogP contribution in [-0.2, 0) is 14.4 Å². The van der Waals surface area contributed by atoms with Gasteiger partial charge in [0.2, 0.25) is 0 Å². The molecule has 0 heterocycles. The minimum atomic E-state index is -0.614. The third kappa shape index (κ3) is 5.90. The van der Waals surface area contributed by atoms with Gasteiger partial charge in [0.1, 0.15) is 0 Å². The lowest BCUT2D eigenvalue weighted by Gasteiger charge is -2.06. The van der Waals surface area contributed by atoms with Crippen LogP contribution in [0.2, 0.25) is 0 Å². The Balaban J connectivity index is 3.71. The highest BCUT2D eigenvalue weighted by Gasteiger charge is 2.08. The summed E-state index contributed by atoms with van der Waals surface area (Å²) >= 11 is 0. The molecule has 0 rings (SSSR count). The van der Waals surface area contributed by atoms with Crippen molar-refractivity contribution in [3.8, 4) is 0 Å². The van der Waals surface area contributed by atoms with E-state index in [1.165, 1.54) is 6.92 Å². The van der Waals surface area contributed by atoms with Crippen LogP contribution in [0.3, 0.4) is 0 Å². The quantitative estimate of drug-likeness (QED) is 0.530. The van der Waals surface area contributed by atoms with Crippen LogP contribution in [0.5, 0.6) is 0 Å². The monoisotopic (exact) mass is 185 g/mol. The summed E-state index contributed by atoms with van der Waals surface area (Å²) in [5, 5.41) is 0. The zero-order valence-corrected chi connectivity index (χ0v) is 8.22. The molecule has 74 valence electrons. The van der Waals surface area contributed by atoms with Gasteiger partial charge in [-0.2, -0.15) is 5.48 Å². The normalized spacial score (nSPS) is 9.54. The molecule has 13 heavy (non-hydrogen) atoms. The molecule has 1 N–H and O–H groups in total. The molecule has 0 atom stereocenters. The molecular weight excluding hydrogens is 170 g/mol. The van der Waals surface area contributed by atoms with Crippen LogP contribution in [0.1, 0.15) is 27.2 Å². The van der Waals surface area contributed by atoms with Crippen LogP contribution < -0.4 is 5.48 Å². The van der Waals surface area contributed by atoms with Crippen LogP contribution in [0.4, 0.5) is 0 Å². The molecule has 0 fully saturated rings. The summed E-state index contributed by atoms with van der Waals surface area (Å²) in [6.07, 6.45) is 0.337. The summed E-state index contributed by atoms with van der Waals surface area (Å²) in [5.74, 6) is -0.676. The average molecular weight is 185 g/mol.